The second-order valence-corrected chi connectivity index (χ2v) is 2.20. The SMILES string of the molecule is CC(O)(CCN)C(F)F. The molecule has 0 saturated carbocycles. The highest BCUT2D eigenvalue weighted by Gasteiger charge is 2.30. The monoisotopic (exact) mass is 139 g/mol. The molecular formula is C5H11F2NO. The van der Waals surface area contributed by atoms with E-state index in [4.69, 9.17) is 10.8 Å². The van der Waals surface area contributed by atoms with E-state index in [-0.39, 0.29) is 13.0 Å². The molecule has 0 heterocycles. The van der Waals surface area contributed by atoms with Gasteiger partial charge in [0.2, 0.25) is 0 Å². The highest BCUT2D eigenvalue weighted by Crippen LogP contribution is 2.17. The Morgan fingerprint density at radius 2 is 2.11 bits per heavy atom. The predicted octanol–water partition coefficient (Wildman–Crippen LogP) is 0.351. The molecule has 0 radical (unpaired) electrons. The van der Waals surface area contributed by atoms with Gasteiger partial charge < -0.3 is 10.8 Å². The molecule has 1 atom stereocenters. The van der Waals surface area contributed by atoms with Gasteiger partial charge in [0.05, 0.1) is 0 Å². The first kappa shape index (κ1) is 8.78. The molecule has 0 rings (SSSR count). The van der Waals surface area contributed by atoms with Crippen molar-refractivity contribution in [3.8, 4) is 0 Å². The first-order valence-corrected chi connectivity index (χ1v) is 2.71. The summed E-state index contributed by atoms with van der Waals surface area (Å²) < 4.78 is 23.4. The number of nitrogens with two attached hydrogens (primary N) is 1. The summed E-state index contributed by atoms with van der Waals surface area (Å²) in [6.45, 7) is 1.15. The highest BCUT2D eigenvalue weighted by atomic mass is 19.3. The van der Waals surface area contributed by atoms with Gasteiger partial charge in [-0.05, 0) is 19.9 Å². The van der Waals surface area contributed by atoms with Gasteiger partial charge in [-0.25, -0.2) is 8.78 Å². The molecule has 0 bridgehead atoms. The molecule has 1 unspecified atom stereocenters. The van der Waals surface area contributed by atoms with Gasteiger partial charge in [0.25, 0.3) is 6.43 Å². The van der Waals surface area contributed by atoms with Gasteiger partial charge in [0.1, 0.15) is 5.60 Å². The lowest BCUT2D eigenvalue weighted by molar-refractivity contribution is -0.0860. The van der Waals surface area contributed by atoms with Crippen molar-refractivity contribution >= 4 is 0 Å². The lowest BCUT2D eigenvalue weighted by Crippen LogP contribution is -2.35. The fourth-order valence-electron chi connectivity index (χ4n) is 0.401. The van der Waals surface area contributed by atoms with Crippen LogP contribution in [-0.2, 0) is 0 Å². The first-order valence-electron chi connectivity index (χ1n) is 2.71. The van der Waals surface area contributed by atoms with Gasteiger partial charge in [-0.3, -0.25) is 0 Å². The fourth-order valence-corrected chi connectivity index (χ4v) is 0.401. The van der Waals surface area contributed by atoms with Crippen LogP contribution in [0.2, 0.25) is 0 Å². The maximum atomic E-state index is 11.7. The lowest BCUT2D eigenvalue weighted by Gasteiger charge is -2.20. The van der Waals surface area contributed by atoms with E-state index in [0.29, 0.717) is 0 Å². The van der Waals surface area contributed by atoms with Crippen LogP contribution in [0.1, 0.15) is 13.3 Å². The molecule has 0 aromatic carbocycles. The van der Waals surface area contributed by atoms with Crippen molar-refractivity contribution < 1.29 is 13.9 Å². The fraction of sp³-hybridized carbons (Fsp3) is 1.00. The van der Waals surface area contributed by atoms with E-state index in [1.807, 2.05) is 0 Å². The van der Waals surface area contributed by atoms with Crippen molar-refractivity contribution in [3.63, 3.8) is 0 Å². The normalized spacial score (nSPS) is 18.0. The van der Waals surface area contributed by atoms with Gasteiger partial charge in [-0.1, -0.05) is 0 Å². The third-order valence-electron chi connectivity index (χ3n) is 1.12. The summed E-state index contributed by atoms with van der Waals surface area (Å²) in [4.78, 5) is 0. The summed E-state index contributed by atoms with van der Waals surface area (Å²) in [6.07, 6.45) is -2.77. The van der Waals surface area contributed by atoms with Crippen LogP contribution >= 0.6 is 0 Å². The number of halogens is 2. The maximum absolute atomic E-state index is 11.7. The van der Waals surface area contributed by atoms with Gasteiger partial charge in [0.15, 0.2) is 0 Å². The Bertz CT molecular complexity index is 85.0. The summed E-state index contributed by atoms with van der Waals surface area (Å²) in [5, 5.41) is 8.76. The molecule has 0 aliphatic carbocycles. The quantitative estimate of drug-likeness (QED) is 0.592. The van der Waals surface area contributed by atoms with Crippen LogP contribution in [-0.4, -0.2) is 23.7 Å². The summed E-state index contributed by atoms with van der Waals surface area (Å²) in [7, 11) is 0. The minimum absolute atomic E-state index is 0.0648. The average Bonchev–Trinajstić information content (AvgIpc) is 1.65. The summed E-state index contributed by atoms with van der Waals surface area (Å²) >= 11 is 0. The number of alkyl halides is 2. The van der Waals surface area contributed by atoms with E-state index in [2.05, 4.69) is 0 Å². The van der Waals surface area contributed by atoms with Gasteiger partial charge in [-0.15, -0.1) is 0 Å². The summed E-state index contributed by atoms with van der Waals surface area (Å²) in [5.74, 6) is 0. The molecule has 0 aliphatic heterocycles. The van der Waals surface area contributed by atoms with Crippen molar-refractivity contribution in [2.75, 3.05) is 6.54 Å². The maximum Gasteiger partial charge on any atom is 0.266 e. The third-order valence-corrected chi connectivity index (χ3v) is 1.12. The van der Waals surface area contributed by atoms with E-state index in [0.717, 1.165) is 6.92 Å². The second kappa shape index (κ2) is 3.08. The van der Waals surface area contributed by atoms with Crippen LogP contribution < -0.4 is 5.73 Å². The Hall–Kier alpha value is -0.220. The Labute approximate surface area is 52.7 Å². The van der Waals surface area contributed by atoms with Crippen LogP contribution in [0.25, 0.3) is 0 Å². The number of hydrogen-bond acceptors (Lipinski definition) is 2. The zero-order chi connectivity index (χ0) is 7.49. The number of aliphatic hydroxyl groups is 1. The van der Waals surface area contributed by atoms with Crippen molar-refractivity contribution in [2.24, 2.45) is 5.73 Å². The first-order chi connectivity index (χ1) is 4.00. The number of hydrogen-bond donors (Lipinski definition) is 2. The van der Waals surface area contributed by atoms with Gasteiger partial charge in [-0.2, -0.15) is 0 Å². The minimum atomic E-state index is -2.71. The van der Waals surface area contributed by atoms with E-state index < -0.39 is 12.0 Å². The molecule has 0 amide bonds. The molecule has 3 N–H and O–H groups in total. The van der Waals surface area contributed by atoms with E-state index in [1.54, 1.807) is 0 Å². The molecule has 2 nitrogen and oxygen atoms in total. The van der Waals surface area contributed by atoms with Crippen LogP contribution in [0.3, 0.4) is 0 Å². The van der Waals surface area contributed by atoms with Crippen LogP contribution in [0.15, 0.2) is 0 Å². The second-order valence-electron chi connectivity index (χ2n) is 2.20. The molecule has 0 fully saturated rings. The summed E-state index contributed by atoms with van der Waals surface area (Å²) in [6, 6.07) is 0. The van der Waals surface area contributed by atoms with E-state index in [1.165, 1.54) is 0 Å². The smallest absolute Gasteiger partial charge is 0.266 e. The highest BCUT2D eigenvalue weighted by molar-refractivity contribution is 4.74. The van der Waals surface area contributed by atoms with Gasteiger partial charge >= 0.3 is 0 Å². The number of rotatable bonds is 3. The molecular weight excluding hydrogens is 128 g/mol. The molecule has 9 heavy (non-hydrogen) atoms. The minimum Gasteiger partial charge on any atom is -0.384 e. The predicted molar refractivity (Wildman–Crippen MR) is 30.3 cm³/mol. The summed E-state index contributed by atoms with van der Waals surface area (Å²) in [5.41, 5.74) is 3.05. The Morgan fingerprint density at radius 1 is 1.67 bits per heavy atom. The standard InChI is InChI=1S/C5H11F2NO/c1-5(9,2-3-8)4(6)7/h4,9H,2-3,8H2,1H3. The molecule has 0 aromatic heterocycles. The zero-order valence-corrected chi connectivity index (χ0v) is 5.27. The zero-order valence-electron chi connectivity index (χ0n) is 5.27. The molecule has 4 heteroatoms. The van der Waals surface area contributed by atoms with Crippen molar-refractivity contribution in [2.45, 2.75) is 25.4 Å². The average molecular weight is 139 g/mol. The van der Waals surface area contributed by atoms with Crippen LogP contribution in [0.5, 0.6) is 0 Å². The molecule has 0 aromatic rings. The van der Waals surface area contributed by atoms with E-state index >= 15 is 0 Å². The molecule has 0 spiro atoms. The van der Waals surface area contributed by atoms with E-state index in [9.17, 15) is 8.78 Å². The Balaban J connectivity index is 3.70. The molecule has 0 saturated heterocycles. The van der Waals surface area contributed by atoms with Gasteiger partial charge in [0, 0.05) is 0 Å². The largest absolute Gasteiger partial charge is 0.384 e. The third kappa shape index (κ3) is 2.72. The van der Waals surface area contributed by atoms with Crippen LogP contribution in [0, 0.1) is 0 Å². The van der Waals surface area contributed by atoms with Crippen molar-refractivity contribution in [3.05, 3.63) is 0 Å². The van der Waals surface area contributed by atoms with Crippen molar-refractivity contribution in [1.29, 1.82) is 0 Å². The van der Waals surface area contributed by atoms with Crippen molar-refractivity contribution in [1.82, 2.24) is 0 Å². The Kier molecular flexibility index (Phi) is 3.00. The molecule has 56 valence electrons. The Morgan fingerprint density at radius 3 is 2.22 bits per heavy atom. The van der Waals surface area contributed by atoms with Crippen LogP contribution in [0.4, 0.5) is 8.78 Å². The topological polar surface area (TPSA) is 46.2 Å². The molecule has 0 aliphatic rings. The lowest BCUT2D eigenvalue weighted by atomic mass is 10.0.